The molecule has 1 N–H and O–H groups in total. The van der Waals surface area contributed by atoms with Gasteiger partial charge >= 0.3 is 5.97 Å². The van der Waals surface area contributed by atoms with Crippen molar-refractivity contribution in [3.05, 3.63) is 35.9 Å². The van der Waals surface area contributed by atoms with Gasteiger partial charge in [0.05, 0.1) is 19.6 Å². The molecule has 0 aliphatic heterocycles. The van der Waals surface area contributed by atoms with Gasteiger partial charge in [0.15, 0.2) is 0 Å². The van der Waals surface area contributed by atoms with Crippen LogP contribution < -0.4 is 10.1 Å². The van der Waals surface area contributed by atoms with E-state index in [1.807, 2.05) is 31.2 Å². The minimum atomic E-state index is -0.316. The minimum absolute atomic E-state index is 0.170. The lowest BCUT2D eigenvalue weighted by atomic mass is 10.2. The van der Waals surface area contributed by atoms with E-state index in [4.69, 9.17) is 9.47 Å². The van der Waals surface area contributed by atoms with E-state index in [0.29, 0.717) is 13.2 Å². The zero-order valence-corrected chi connectivity index (χ0v) is 12.4. The number of hydrogen-bond acceptors (Lipinski definition) is 4. The molecule has 5 heteroatoms. The summed E-state index contributed by atoms with van der Waals surface area (Å²) in [6.45, 7) is 4.82. The lowest BCUT2D eigenvalue weighted by Gasteiger charge is -2.06. The highest BCUT2D eigenvalue weighted by atomic mass is 16.5. The molecule has 0 radical (unpaired) electrons. The van der Waals surface area contributed by atoms with Crippen LogP contribution in [0, 0.1) is 0 Å². The third kappa shape index (κ3) is 6.61. The van der Waals surface area contributed by atoms with Crippen LogP contribution in [-0.4, -0.2) is 31.6 Å². The number of hydrogen-bond donors (Lipinski definition) is 1. The van der Waals surface area contributed by atoms with Gasteiger partial charge < -0.3 is 14.8 Å². The predicted octanol–water partition coefficient (Wildman–Crippen LogP) is 2.17. The van der Waals surface area contributed by atoms with Gasteiger partial charge in [-0.1, -0.05) is 18.2 Å². The Morgan fingerprint density at radius 1 is 1.19 bits per heavy atom. The normalized spacial score (nSPS) is 10.4. The van der Waals surface area contributed by atoms with Crippen LogP contribution in [0.3, 0.4) is 0 Å². The molecule has 0 saturated heterocycles. The Balaban J connectivity index is 2.45. The molecule has 21 heavy (non-hydrogen) atoms. The second-order valence-corrected chi connectivity index (χ2v) is 4.15. The number of rotatable bonds is 8. The second kappa shape index (κ2) is 9.58. The molecule has 0 saturated carbocycles. The van der Waals surface area contributed by atoms with Gasteiger partial charge in [-0.3, -0.25) is 9.59 Å². The minimum Gasteiger partial charge on any atom is -0.493 e. The summed E-state index contributed by atoms with van der Waals surface area (Å²) in [5.74, 6) is 0.157. The first-order valence-corrected chi connectivity index (χ1v) is 7.00. The highest BCUT2D eigenvalue weighted by Crippen LogP contribution is 2.19. The molecule has 1 rings (SSSR count). The fourth-order valence-corrected chi connectivity index (χ4v) is 1.65. The van der Waals surface area contributed by atoms with Crippen LogP contribution in [0.25, 0.3) is 6.08 Å². The number of carbonyl (C=O) groups is 2. The molecule has 0 aromatic heterocycles. The molecule has 1 aromatic rings. The topological polar surface area (TPSA) is 64.6 Å². The van der Waals surface area contributed by atoms with Crippen LogP contribution in [-0.2, 0) is 14.3 Å². The van der Waals surface area contributed by atoms with E-state index in [1.54, 1.807) is 13.0 Å². The molecule has 0 aliphatic carbocycles. The molecule has 0 heterocycles. The largest absolute Gasteiger partial charge is 0.493 e. The number of carbonyl (C=O) groups excluding carboxylic acids is 2. The van der Waals surface area contributed by atoms with Gasteiger partial charge in [-0.15, -0.1) is 0 Å². The van der Waals surface area contributed by atoms with Gasteiger partial charge in [-0.05, 0) is 26.0 Å². The van der Waals surface area contributed by atoms with Crippen molar-refractivity contribution in [3.63, 3.8) is 0 Å². The highest BCUT2D eigenvalue weighted by molar-refractivity contribution is 5.92. The molecule has 0 fully saturated rings. The third-order valence-electron chi connectivity index (χ3n) is 2.57. The Hall–Kier alpha value is -2.30. The van der Waals surface area contributed by atoms with E-state index >= 15 is 0 Å². The first-order chi connectivity index (χ1) is 10.2. The highest BCUT2D eigenvalue weighted by Gasteiger charge is 2.03. The van der Waals surface area contributed by atoms with Gasteiger partial charge in [-0.25, -0.2) is 0 Å². The average Bonchev–Trinajstić information content (AvgIpc) is 2.47. The standard InChI is InChI=1S/C16H21NO4/c1-3-20-14-8-6-5-7-13(14)9-10-15(18)17-12-11-16(19)21-4-2/h5-10H,3-4,11-12H2,1-2H3,(H,17,18). The number of amides is 1. The average molecular weight is 291 g/mol. The maximum Gasteiger partial charge on any atom is 0.307 e. The van der Waals surface area contributed by atoms with Gasteiger partial charge in [0, 0.05) is 18.2 Å². The number of esters is 1. The van der Waals surface area contributed by atoms with E-state index in [2.05, 4.69) is 5.32 Å². The van der Waals surface area contributed by atoms with Gasteiger partial charge in [0.1, 0.15) is 5.75 Å². The van der Waals surface area contributed by atoms with Gasteiger partial charge in [-0.2, -0.15) is 0 Å². The van der Waals surface area contributed by atoms with Crippen molar-refractivity contribution in [1.82, 2.24) is 5.32 Å². The Labute approximate surface area is 124 Å². The SMILES string of the molecule is CCOC(=O)CCNC(=O)C=Cc1ccccc1OCC. The van der Waals surface area contributed by atoms with Crippen LogP contribution in [0.1, 0.15) is 25.8 Å². The summed E-state index contributed by atoms with van der Waals surface area (Å²) in [4.78, 5) is 22.7. The van der Waals surface area contributed by atoms with E-state index in [-0.39, 0.29) is 24.8 Å². The van der Waals surface area contributed by atoms with Gasteiger partial charge in [0.2, 0.25) is 5.91 Å². The van der Waals surface area contributed by atoms with E-state index in [9.17, 15) is 9.59 Å². The van der Waals surface area contributed by atoms with E-state index in [1.165, 1.54) is 6.08 Å². The molecular formula is C16H21NO4. The lowest BCUT2D eigenvalue weighted by Crippen LogP contribution is -2.24. The molecule has 1 aromatic carbocycles. The van der Waals surface area contributed by atoms with Crippen LogP contribution in [0.15, 0.2) is 30.3 Å². The summed E-state index contributed by atoms with van der Waals surface area (Å²) < 4.78 is 10.2. The molecule has 0 atom stereocenters. The fourth-order valence-electron chi connectivity index (χ4n) is 1.65. The van der Waals surface area contributed by atoms with Crippen molar-refractivity contribution < 1.29 is 19.1 Å². The predicted molar refractivity (Wildman–Crippen MR) is 80.9 cm³/mol. The first kappa shape index (κ1) is 16.8. The molecule has 1 amide bonds. The molecule has 0 spiro atoms. The Kier molecular flexibility index (Phi) is 7.64. The molecular weight excluding hydrogens is 270 g/mol. The fraction of sp³-hybridized carbons (Fsp3) is 0.375. The molecule has 0 unspecified atom stereocenters. The molecule has 0 aliphatic rings. The Bertz CT molecular complexity index is 497. The van der Waals surface area contributed by atoms with E-state index < -0.39 is 0 Å². The zero-order chi connectivity index (χ0) is 15.5. The number of benzene rings is 1. The second-order valence-electron chi connectivity index (χ2n) is 4.15. The molecule has 114 valence electrons. The summed E-state index contributed by atoms with van der Waals surface area (Å²) in [7, 11) is 0. The Morgan fingerprint density at radius 2 is 1.95 bits per heavy atom. The van der Waals surface area contributed by atoms with Crippen molar-refractivity contribution in [1.29, 1.82) is 0 Å². The molecule has 0 bridgehead atoms. The summed E-state index contributed by atoms with van der Waals surface area (Å²) in [6, 6.07) is 7.47. The van der Waals surface area contributed by atoms with Crippen molar-refractivity contribution in [3.8, 4) is 5.75 Å². The van der Waals surface area contributed by atoms with E-state index in [0.717, 1.165) is 11.3 Å². The van der Waals surface area contributed by atoms with Crippen LogP contribution >= 0.6 is 0 Å². The van der Waals surface area contributed by atoms with Crippen molar-refractivity contribution in [2.24, 2.45) is 0 Å². The van der Waals surface area contributed by atoms with Crippen LogP contribution in [0.2, 0.25) is 0 Å². The quantitative estimate of drug-likeness (QED) is 0.589. The van der Waals surface area contributed by atoms with Crippen molar-refractivity contribution >= 4 is 18.0 Å². The lowest BCUT2D eigenvalue weighted by molar-refractivity contribution is -0.142. The smallest absolute Gasteiger partial charge is 0.307 e. The Morgan fingerprint density at radius 3 is 2.67 bits per heavy atom. The summed E-state index contributed by atoms with van der Waals surface area (Å²) >= 11 is 0. The molecule has 5 nitrogen and oxygen atoms in total. The first-order valence-electron chi connectivity index (χ1n) is 7.00. The summed E-state index contributed by atoms with van der Waals surface area (Å²) in [6.07, 6.45) is 3.27. The van der Waals surface area contributed by atoms with Crippen molar-refractivity contribution in [2.45, 2.75) is 20.3 Å². The summed E-state index contributed by atoms with van der Waals surface area (Å²) in [5, 5.41) is 2.63. The number of para-hydroxylation sites is 1. The van der Waals surface area contributed by atoms with Gasteiger partial charge in [0.25, 0.3) is 0 Å². The summed E-state index contributed by atoms with van der Waals surface area (Å²) in [5.41, 5.74) is 0.833. The monoisotopic (exact) mass is 291 g/mol. The number of ether oxygens (including phenoxy) is 2. The third-order valence-corrected chi connectivity index (χ3v) is 2.57. The maximum atomic E-state index is 11.6. The zero-order valence-electron chi connectivity index (χ0n) is 12.4. The van der Waals surface area contributed by atoms with Crippen LogP contribution in [0.4, 0.5) is 0 Å². The maximum absolute atomic E-state index is 11.6. The van der Waals surface area contributed by atoms with Crippen molar-refractivity contribution in [2.75, 3.05) is 19.8 Å². The number of nitrogens with one attached hydrogen (secondary N) is 1. The van der Waals surface area contributed by atoms with Crippen LogP contribution in [0.5, 0.6) is 5.75 Å².